The highest BCUT2D eigenvalue weighted by atomic mass is 32.1. The van der Waals surface area contributed by atoms with Crippen molar-refractivity contribution in [2.45, 2.75) is 6.92 Å². The Morgan fingerprint density at radius 2 is 2.09 bits per heavy atom. The lowest BCUT2D eigenvalue weighted by atomic mass is 10.1. The summed E-state index contributed by atoms with van der Waals surface area (Å²) in [5, 5.41) is 0. The average molecular weight is 169 g/mol. The average Bonchev–Trinajstić information content (AvgIpc) is 1.85. The van der Waals surface area contributed by atoms with Crippen LogP contribution in [0.1, 0.15) is 11.1 Å². The maximum absolute atomic E-state index is 12.7. The van der Waals surface area contributed by atoms with Crippen molar-refractivity contribution in [2.75, 3.05) is 0 Å². The predicted octanol–water partition coefficient (Wildman–Crippen LogP) is 1.77. The van der Waals surface area contributed by atoms with Gasteiger partial charge in [0.2, 0.25) is 0 Å². The van der Waals surface area contributed by atoms with E-state index in [4.69, 9.17) is 18.0 Å². The van der Waals surface area contributed by atoms with E-state index in [0.29, 0.717) is 5.56 Å². The highest BCUT2D eigenvalue weighted by Gasteiger charge is 1.99. The van der Waals surface area contributed by atoms with Gasteiger partial charge in [-0.2, -0.15) is 0 Å². The van der Waals surface area contributed by atoms with Crippen molar-refractivity contribution in [1.29, 1.82) is 0 Å². The van der Waals surface area contributed by atoms with E-state index in [0.717, 1.165) is 5.56 Å². The van der Waals surface area contributed by atoms with Gasteiger partial charge < -0.3 is 5.73 Å². The smallest absolute Gasteiger partial charge is 0.124 e. The minimum Gasteiger partial charge on any atom is -0.389 e. The van der Waals surface area contributed by atoms with Gasteiger partial charge in [0, 0.05) is 5.56 Å². The quantitative estimate of drug-likeness (QED) is 0.648. The summed E-state index contributed by atoms with van der Waals surface area (Å²) < 4.78 is 12.7. The molecule has 0 amide bonds. The van der Waals surface area contributed by atoms with E-state index in [-0.39, 0.29) is 10.8 Å². The Kier molecular flexibility index (Phi) is 2.19. The fraction of sp³-hybridized carbons (Fsp3) is 0.125. The van der Waals surface area contributed by atoms with Crippen LogP contribution in [-0.2, 0) is 0 Å². The second-order valence-electron chi connectivity index (χ2n) is 2.38. The number of rotatable bonds is 1. The van der Waals surface area contributed by atoms with Crippen LogP contribution in [0.2, 0.25) is 0 Å². The van der Waals surface area contributed by atoms with Gasteiger partial charge in [-0.3, -0.25) is 0 Å². The monoisotopic (exact) mass is 169 g/mol. The van der Waals surface area contributed by atoms with Crippen LogP contribution in [-0.4, -0.2) is 4.99 Å². The minimum atomic E-state index is -0.298. The van der Waals surface area contributed by atoms with Gasteiger partial charge in [-0.15, -0.1) is 0 Å². The van der Waals surface area contributed by atoms with E-state index in [9.17, 15) is 4.39 Å². The molecule has 0 atom stereocenters. The molecular weight excluding hydrogens is 161 g/mol. The molecule has 0 radical (unpaired) electrons. The minimum absolute atomic E-state index is 0.229. The van der Waals surface area contributed by atoms with Gasteiger partial charge in [0.25, 0.3) is 0 Å². The van der Waals surface area contributed by atoms with Crippen molar-refractivity contribution >= 4 is 17.2 Å². The van der Waals surface area contributed by atoms with Crippen molar-refractivity contribution in [3.8, 4) is 0 Å². The van der Waals surface area contributed by atoms with Crippen LogP contribution in [0.4, 0.5) is 4.39 Å². The zero-order valence-electron chi connectivity index (χ0n) is 6.10. The molecule has 1 aromatic carbocycles. The first-order valence-electron chi connectivity index (χ1n) is 3.16. The number of hydrogen-bond acceptors (Lipinski definition) is 1. The van der Waals surface area contributed by atoms with Crippen molar-refractivity contribution < 1.29 is 4.39 Å². The third kappa shape index (κ3) is 1.98. The maximum Gasteiger partial charge on any atom is 0.124 e. The third-order valence-corrected chi connectivity index (χ3v) is 1.56. The lowest BCUT2D eigenvalue weighted by molar-refractivity contribution is 0.626. The standard InChI is InChI=1S/C8H8FNS/c1-5-2-6(8(10)11)4-7(9)3-5/h2-4H,1H3,(H2,10,11). The van der Waals surface area contributed by atoms with Gasteiger partial charge in [-0.05, 0) is 30.7 Å². The van der Waals surface area contributed by atoms with Gasteiger partial charge in [0.15, 0.2) is 0 Å². The van der Waals surface area contributed by atoms with Crippen molar-refractivity contribution in [3.05, 3.63) is 35.1 Å². The van der Waals surface area contributed by atoms with Crippen molar-refractivity contribution in [2.24, 2.45) is 5.73 Å². The first-order valence-corrected chi connectivity index (χ1v) is 3.57. The molecule has 3 heteroatoms. The summed E-state index contributed by atoms with van der Waals surface area (Å²) in [4.78, 5) is 0.229. The Labute approximate surface area is 70.0 Å². The molecule has 0 aliphatic carbocycles. The molecular formula is C8H8FNS. The first kappa shape index (κ1) is 8.14. The largest absolute Gasteiger partial charge is 0.389 e. The Morgan fingerprint density at radius 1 is 1.45 bits per heavy atom. The summed E-state index contributed by atoms with van der Waals surface area (Å²) in [5.74, 6) is -0.298. The van der Waals surface area contributed by atoms with Crippen LogP contribution in [0, 0.1) is 12.7 Å². The van der Waals surface area contributed by atoms with Crippen LogP contribution < -0.4 is 5.73 Å². The highest BCUT2D eigenvalue weighted by Crippen LogP contribution is 2.07. The fourth-order valence-electron chi connectivity index (χ4n) is 0.879. The van der Waals surface area contributed by atoms with Gasteiger partial charge in [0.05, 0.1) is 0 Å². The molecule has 0 fully saturated rings. The van der Waals surface area contributed by atoms with Crippen LogP contribution >= 0.6 is 12.2 Å². The van der Waals surface area contributed by atoms with E-state index in [1.165, 1.54) is 12.1 Å². The van der Waals surface area contributed by atoms with Gasteiger partial charge in [0.1, 0.15) is 10.8 Å². The van der Waals surface area contributed by atoms with Crippen LogP contribution in [0.15, 0.2) is 18.2 Å². The molecule has 0 saturated carbocycles. The topological polar surface area (TPSA) is 26.0 Å². The number of benzene rings is 1. The van der Waals surface area contributed by atoms with Crippen molar-refractivity contribution in [3.63, 3.8) is 0 Å². The van der Waals surface area contributed by atoms with Gasteiger partial charge in [-0.1, -0.05) is 12.2 Å². The van der Waals surface area contributed by atoms with E-state index >= 15 is 0 Å². The van der Waals surface area contributed by atoms with E-state index in [2.05, 4.69) is 0 Å². The maximum atomic E-state index is 12.7. The fourth-order valence-corrected chi connectivity index (χ4v) is 0.996. The molecule has 0 bridgehead atoms. The lowest BCUT2D eigenvalue weighted by Crippen LogP contribution is -2.09. The second-order valence-corrected chi connectivity index (χ2v) is 2.82. The molecule has 0 heterocycles. The SMILES string of the molecule is Cc1cc(F)cc(C(N)=S)c1. The normalized spacial score (nSPS) is 9.64. The molecule has 1 rings (SSSR count). The molecule has 0 saturated heterocycles. The molecule has 2 N–H and O–H groups in total. The molecule has 0 unspecified atom stereocenters. The third-order valence-electron chi connectivity index (χ3n) is 1.33. The predicted molar refractivity (Wildman–Crippen MR) is 47.0 cm³/mol. The number of thiocarbonyl (C=S) groups is 1. The molecule has 58 valence electrons. The molecule has 0 spiro atoms. The molecule has 1 aromatic rings. The molecule has 1 nitrogen and oxygen atoms in total. The zero-order valence-corrected chi connectivity index (χ0v) is 6.91. The summed E-state index contributed by atoms with van der Waals surface area (Å²) in [7, 11) is 0. The second kappa shape index (κ2) is 2.96. The summed E-state index contributed by atoms with van der Waals surface area (Å²) in [6.45, 7) is 1.80. The summed E-state index contributed by atoms with van der Waals surface area (Å²) in [6.07, 6.45) is 0. The number of halogens is 1. The number of hydrogen-bond donors (Lipinski definition) is 1. The van der Waals surface area contributed by atoms with E-state index in [1.54, 1.807) is 13.0 Å². The zero-order chi connectivity index (χ0) is 8.43. The van der Waals surface area contributed by atoms with E-state index in [1.807, 2.05) is 0 Å². The van der Waals surface area contributed by atoms with Gasteiger partial charge in [-0.25, -0.2) is 4.39 Å². The van der Waals surface area contributed by atoms with Crippen LogP contribution in [0.25, 0.3) is 0 Å². The number of nitrogens with two attached hydrogens (primary N) is 1. The summed E-state index contributed by atoms with van der Waals surface area (Å²) in [5.41, 5.74) is 6.72. The Morgan fingerprint density at radius 3 is 2.55 bits per heavy atom. The Bertz CT molecular complexity index is 276. The van der Waals surface area contributed by atoms with Crippen LogP contribution in [0.5, 0.6) is 0 Å². The summed E-state index contributed by atoms with van der Waals surface area (Å²) in [6, 6.07) is 4.52. The lowest BCUT2D eigenvalue weighted by Gasteiger charge is -1.99. The Balaban J connectivity index is 3.19. The number of aryl methyl sites for hydroxylation is 1. The van der Waals surface area contributed by atoms with Gasteiger partial charge >= 0.3 is 0 Å². The molecule has 0 aliphatic rings. The molecule has 0 aromatic heterocycles. The molecule has 11 heavy (non-hydrogen) atoms. The Hall–Kier alpha value is -0.960. The van der Waals surface area contributed by atoms with E-state index < -0.39 is 0 Å². The van der Waals surface area contributed by atoms with Crippen molar-refractivity contribution in [1.82, 2.24) is 0 Å². The highest BCUT2D eigenvalue weighted by molar-refractivity contribution is 7.80. The first-order chi connectivity index (χ1) is 5.09. The summed E-state index contributed by atoms with van der Waals surface area (Å²) >= 11 is 4.69. The van der Waals surface area contributed by atoms with Crippen LogP contribution in [0.3, 0.4) is 0 Å². The molecule has 0 aliphatic heterocycles.